The van der Waals surface area contributed by atoms with Crippen molar-refractivity contribution in [1.29, 1.82) is 0 Å². The first kappa shape index (κ1) is 24.7. The molecule has 0 fully saturated rings. The molecule has 8 nitrogen and oxygen atoms in total. The average Bonchev–Trinajstić information content (AvgIpc) is 3.12. The van der Waals surface area contributed by atoms with Crippen molar-refractivity contribution < 1.29 is 24.1 Å². The Morgan fingerprint density at radius 1 is 1.20 bits per heavy atom. The van der Waals surface area contributed by atoms with Crippen LogP contribution >= 0.6 is 27.3 Å². The zero-order valence-electron chi connectivity index (χ0n) is 19.5. The quantitative estimate of drug-likeness (QED) is 0.466. The van der Waals surface area contributed by atoms with Gasteiger partial charge in [-0.25, -0.2) is 9.79 Å². The number of fused-ring (bicyclic) bond motifs is 1. The molecule has 2 heterocycles. The normalized spacial score (nSPS) is 15.5. The van der Waals surface area contributed by atoms with Crippen LogP contribution in [0.25, 0.3) is 6.08 Å². The van der Waals surface area contributed by atoms with Gasteiger partial charge in [-0.1, -0.05) is 23.5 Å². The van der Waals surface area contributed by atoms with Gasteiger partial charge in [-0.3, -0.25) is 9.36 Å². The fourth-order valence-electron chi connectivity index (χ4n) is 3.91. The molecule has 0 saturated heterocycles. The number of hydrogen-bond donors (Lipinski definition) is 1. The van der Waals surface area contributed by atoms with Gasteiger partial charge in [0, 0.05) is 0 Å². The van der Waals surface area contributed by atoms with Crippen LogP contribution in [0, 0.1) is 0 Å². The smallest absolute Gasteiger partial charge is 0.338 e. The fourth-order valence-corrected chi connectivity index (χ4v) is 5.51. The lowest BCUT2D eigenvalue weighted by Gasteiger charge is -2.25. The SMILES string of the molecule is CCOC(=O)C1=C(C)N=c2s/c(=C/c3ccc(OC)c(O)c3)c(=O)n2[C@H]1c1ccc(OC)c(Br)c1. The third kappa shape index (κ3) is 4.63. The molecule has 0 unspecified atom stereocenters. The maximum Gasteiger partial charge on any atom is 0.338 e. The van der Waals surface area contributed by atoms with Crippen LogP contribution in [-0.4, -0.2) is 36.5 Å². The van der Waals surface area contributed by atoms with Gasteiger partial charge in [-0.15, -0.1) is 0 Å². The number of carbonyl (C=O) groups is 1. The number of aromatic nitrogens is 1. The fraction of sp³-hybridized carbons (Fsp3) is 0.240. The summed E-state index contributed by atoms with van der Waals surface area (Å²) in [5, 5.41) is 10.1. The van der Waals surface area contributed by atoms with Crippen molar-refractivity contribution in [3.8, 4) is 17.2 Å². The van der Waals surface area contributed by atoms with Crippen molar-refractivity contribution in [2.24, 2.45) is 4.99 Å². The first-order chi connectivity index (χ1) is 16.8. The molecule has 1 aliphatic heterocycles. The molecule has 1 aliphatic rings. The third-order valence-electron chi connectivity index (χ3n) is 5.51. The summed E-state index contributed by atoms with van der Waals surface area (Å²) in [6.45, 7) is 3.66. The lowest BCUT2D eigenvalue weighted by molar-refractivity contribution is -0.139. The second-order valence-corrected chi connectivity index (χ2v) is 9.49. The summed E-state index contributed by atoms with van der Waals surface area (Å²) in [7, 11) is 3.03. The van der Waals surface area contributed by atoms with E-state index in [9.17, 15) is 14.7 Å². The van der Waals surface area contributed by atoms with Gasteiger partial charge in [-0.05, 0) is 71.2 Å². The summed E-state index contributed by atoms with van der Waals surface area (Å²) in [6, 6.07) is 9.55. The van der Waals surface area contributed by atoms with Crippen LogP contribution in [-0.2, 0) is 9.53 Å². The standard InChI is InChI=1S/C25H23BrN2O6S/c1-5-34-24(31)21-13(2)27-25-28(22(21)15-7-9-18(32-3)16(26)12-15)23(30)20(35-25)11-14-6-8-19(33-4)17(29)10-14/h6-12,22,29H,5H2,1-4H3/b20-11+/t22-/m0/s1. The van der Waals surface area contributed by atoms with Crippen molar-refractivity contribution >= 4 is 39.3 Å². The van der Waals surface area contributed by atoms with E-state index in [4.69, 9.17) is 14.2 Å². The predicted octanol–water partition coefficient (Wildman–Crippen LogP) is 3.28. The number of methoxy groups -OCH3 is 2. The van der Waals surface area contributed by atoms with E-state index in [0.29, 0.717) is 47.7 Å². The number of allylic oxidation sites excluding steroid dienone is 1. The number of phenols is 1. The summed E-state index contributed by atoms with van der Waals surface area (Å²) in [5.41, 5.74) is 1.79. The minimum absolute atomic E-state index is 0.0320. The van der Waals surface area contributed by atoms with Gasteiger partial charge in [0.2, 0.25) is 0 Å². The Labute approximate surface area is 213 Å². The number of thiazole rings is 1. The molecule has 182 valence electrons. The zero-order valence-corrected chi connectivity index (χ0v) is 21.9. The topological polar surface area (TPSA) is 99.4 Å². The van der Waals surface area contributed by atoms with Crippen molar-refractivity contribution in [3.05, 3.63) is 83.0 Å². The van der Waals surface area contributed by atoms with Crippen molar-refractivity contribution in [2.45, 2.75) is 19.9 Å². The number of carbonyl (C=O) groups excluding carboxylic acids is 1. The third-order valence-corrected chi connectivity index (χ3v) is 7.11. The number of hydrogen-bond acceptors (Lipinski definition) is 8. The number of phenolic OH excluding ortho intramolecular Hbond substituents is 1. The largest absolute Gasteiger partial charge is 0.504 e. The molecule has 1 aromatic heterocycles. The molecule has 1 atom stereocenters. The van der Waals surface area contributed by atoms with Gasteiger partial charge in [0.25, 0.3) is 5.56 Å². The Kier molecular flexibility index (Phi) is 7.13. The van der Waals surface area contributed by atoms with Crippen LogP contribution in [0.1, 0.15) is 31.0 Å². The molecule has 0 bridgehead atoms. The van der Waals surface area contributed by atoms with Crippen LogP contribution in [0.2, 0.25) is 0 Å². The van der Waals surface area contributed by atoms with E-state index < -0.39 is 12.0 Å². The number of halogens is 1. The van der Waals surface area contributed by atoms with E-state index in [0.717, 1.165) is 0 Å². The Morgan fingerprint density at radius 3 is 2.54 bits per heavy atom. The van der Waals surface area contributed by atoms with Crippen molar-refractivity contribution in [3.63, 3.8) is 0 Å². The summed E-state index contributed by atoms with van der Waals surface area (Å²) < 4.78 is 18.4. The van der Waals surface area contributed by atoms with E-state index in [1.54, 1.807) is 45.2 Å². The molecule has 0 amide bonds. The van der Waals surface area contributed by atoms with Gasteiger partial charge < -0.3 is 19.3 Å². The number of ether oxygens (including phenoxy) is 3. The summed E-state index contributed by atoms with van der Waals surface area (Å²) in [4.78, 5) is 31.6. The molecule has 2 aromatic carbocycles. The van der Waals surface area contributed by atoms with Crippen LogP contribution in [0.4, 0.5) is 0 Å². The minimum Gasteiger partial charge on any atom is -0.504 e. The zero-order chi connectivity index (χ0) is 25.3. The van der Waals surface area contributed by atoms with Gasteiger partial charge in [0.05, 0.1) is 47.1 Å². The van der Waals surface area contributed by atoms with E-state index in [1.165, 1.54) is 29.1 Å². The lowest BCUT2D eigenvalue weighted by atomic mass is 9.96. The Balaban J connectivity index is 1.94. The van der Waals surface area contributed by atoms with Gasteiger partial charge in [-0.2, -0.15) is 0 Å². The Morgan fingerprint density at radius 2 is 1.91 bits per heavy atom. The molecule has 0 aliphatic carbocycles. The van der Waals surface area contributed by atoms with Gasteiger partial charge in [0.1, 0.15) is 5.75 Å². The summed E-state index contributed by atoms with van der Waals surface area (Å²) in [6.07, 6.45) is 1.67. The molecule has 0 radical (unpaired) electrons. The predicted molar refractivity (Wildman–Crippen MR) is 136 cm³/mol. The molecule has 1 N–H and O–H groups in total. The van der Waals surface area contributed by atoms with E-state index >= 15 is 0 Å². The number of rotatable bonds is 6. The highest BCUT2D eigenvalue weighted by Crippen LogP contribution is 2.35. The number of aromatic hydroxyl groups is 1. The second kappa shape index (κ2) is 10.1. The second-order valence-electron chi connectivity index (χ2n) is 7.63. The number of esters is 1. The molecule has 10 heteroatoms. The molecule has 4 rings (SSSR count). The van der Waals surface area contributed by atoms with Gasteiger partial charge in [0.15, 0.2) is 16.3 Å². The van der Waals surface area contributed by atoms with E-state index in [-0.39, 0.29) is 17.9 Å². The van der Waals surface area contributed by atoms with E-state index in [1.807, 2.05) is 12.1 Å². The Bertz CT molecular complexity index is 1520. The van der Waals surface area contributed by atoms with Gasteiger partial charge >= 0.3 is 5.97 Å². The molecular formula is C25H23BrN2O6S. The lowest BCUT2D eigenvalue weighted by Crippen LogP contribution is -2.39. The summed E-state index contributed by atoms with van der Waals surface area (Å²) >= 11 is 4.70. The molecule has 35 heavy (non-hydrogen) atoms. The highest BCUT2D eigenvalue weighted by molar-refractivity contribution is 9.10. The van der Waals surface area contributed by atoms with Crippen LogP contribution in [0.5, 0.6) is 17.2 Å². The van der Waals surface area contributed by atoms with Crippen molar-refractivity contribution in [2.75, 3.05) is 20.8 Å². The first-order valence-electron chi connectivity index (χ1n) is 10.7. The van der Waals surface area contributed by atoms with Crippen LogP contribution in [0.15, 0.2) is 61.9 Å². The first-order valence-corrected chi connectivity index (χ1v) is 12.3. The number of nitrogens with zero attached hydrogens (tertiary/aromatic N) is 2. The monoisotopic (exact) mass is 558 g/mol. The summed E-state index contributed by atoms with van der Waals surface area (Å²) in [5.74, 6) is 0.401. The average molecular weight is 559 g/mol. The molecular weight excluding hydrogens is 536 g/mol. The minimum atomic E-state index is -0.737. The maximum absolute atomic E-state index is 13.6. The highest BCUT2D eigenvalue weighted by Gasteiger charge is 2.33. The van der Waals surface area contributed by atoms with E-state index in [2.05, 4.69) is 20.9 Å². The van der Waals surface area contributed by atoms with Crippen LogP contribution < -0.4 is 24.4 Å². The molecule has 0 saturated carbocycles. The molecule has 3 aromatic rings. The maximum atomic E-state index is 13.6. The highest BCUT2D eigenvalue weighted by atomic mass is 79.9. The van der Waals surface area contributed by atoms with Crippen LogP contribution in [0.3, 0.4) is 0 Å². The Hall–Kier alpha value is -3.37. The molecule has 0 spiro atoms. The number of benzene rings is 2. The van der Waals surface area contributed by atoms with Crippen molar-refractivity contribution in [1.82, 2.24) is 4.57 Å².